The Kier molecular flexibility index (Phi) is 6.69. The normalized spacial score (nSPS) is 11.0. The Balaban J connectivity index is 1.45. The van der Waals surface area contributed by atoms with Crippen molar-refractivity contribution in [3.8, 4) is 0 Å². The highest BCUT2D eigenvalue weighted by Gasteiger charge is 2.13. The molecule has 1 amide bonds. The van der Waals surface area contributed by atoms with E-state index < -0.39 is 0 Å². The van der Waals surface area contributed by atoms with Crippen LogP contribution in [-0.4, -0.2) is 25.5 Å². The minimum Gasteiger partial charge on any atom is -0.305 e. The Morgan fingerprint density at radius 2 is 1.75 bits per heavy atom. The average molecular weight is 533 g/mol. The van der Waals surface area contributed by atoms with E-state index in [4.69, 9.17) is 23.2 Å². The van der Waals surface area contributed by atoms with Gasteiger partial charge in [-0.3, -0.25) is 14.2 Å². The molecular formula is C23H20BrCl2N5O. The molecule has 2 aromatic carbocycles. The van der Waals surface area contributed by atoms with Crippen molar-refractivity contribution in [2.24, 2.45) is 0 Å². The summed E-state index contributed by atoms with van der Waals surface area (Å²) >= 11 is 16.0. The fourth-order valence-electron chi connectivity index (χ4n) is 3.36. The number of carbonyl (C=O) groups excluding carboxylic acids is 1. The summed E-state index contributed by atoms with van der Waals surface area (Å²) < 4.78 is 4.60. The van der Waals surface area contributed by atoms with Gasteiger partial charge in [-0.25, -0.2) is 0 Å². The first-order valence-electron chi connectivity index (χ1n) is 9.88. The van der Waals surface area contributed by atoms with Gasteiger partial charge in [-0.05, 0) is 59.6 Å². The van der Waals surface area contributed by atoms with Crippen LogP contribution < -0.4 is 5.32 Å². The molecule has 32 heavy (non-hydrogen) atoms. The summed E-state index contributed by atoms with van der Waals surface area (Å²) in [4.78, 5) is 12.8. The molecule has 0 saturated carbocycles. The summed E-state index contributed by atoms with van der Waals surface area (Å²) in [6.45, 7) is 4.94. The molecule has 164 valence electrons. The molecule has 9 heteroatoms. The molecule has 2 heterocycles. The van der Waals surface area contributed by atoms with Crippen molar-refractivity contribution < 1.29 is 4.79 Å². The van der Waals surface area contributed by atoms with E-state index in [-0.39, 0.29) is 5.91 Å². The average Bonchev–Trinajstić information content (AvgIpc) is 3.30. The van der Waals surface area contributed by atoms with Crippen molar-refractivity contribution in [2.45, 2.75) is 26.9 Å². The fraction of sp³-hybridized carbons (Fsp3) is 0.174. The summed E-state index contributed by atoms with van der Waals surface area (Å²) in [7, 11) is 0. The summed E-state index contributed by atoms with van der Waals surface area (Å²) in [5.74, 6) is 0.216. The SMILES string of the molecule is Cc1nn(Cc2cccc(C(=O)Nc3ccn(Cc4c(Cl)cccc4Cl)n3)c2)c(C)c1Br. The Morgan fingerprint density at radius 3 is 2.44 bits per heavy atom. The third-order valence-electron chi connectivity index (χ3n) is 5.08. The zero-order valence-electron chi connectivity index (χ0n) is 17.4. The number of nitrogens with zero attached hydrogens (tertiary/aromatic N) is 4. The quantitative estimate of drug-likeness (QED) is 0.325. The molecule has 0 spiro atoms. The minimum atomic E-state index is -0.234. The van der Waals surface area contributed by atoms with Gasteiger partial charge in [0.2, 0.25) is 0 Å². The van der Waals surface area contributed by atoms with Gasteiger partial charge < -0.3 is 5.32 Å². The lowest BCUT2D eigenvalue weighted by molar-refractivity contribution is 0.102. The number of nitrogens with one attached hydrogen (secondary N) is 1. The number of aromatic nitrogens is 4. The van der Waals surface area contributed by atoms with Crippen LogP contribution in [0.25, 0.3) is 0 Å². The van der Waals surface area contributed by atoms with Gasteiger partial charge in [0.1, 0.15) is 0 Å². The second-order valence-electron chi connectivity index (χ2n) is 7.40. The third kappa shape index (κ3) is 4.90. The van der Waals surface area contributed by atoms with Crippen LogP contribution in [0.3, 0.4) is 0 Å². The third-order valence-corrected chi connectivity index (χ3v) is 6.93. The number of carbonyl (C=O) groups is 1. The van der Waals surface area contributed by atoms with E-state index in [0.29, 0.717) is 34.5 Å². The predicted octanol–water partition coefficient (Wildman–Crippen LogP) is 6.11. The number of hydrogen-bond donors (Lipinski definition) is 1. The summed E-state index contributed by atoms with van der Waals surface area (Å²) in [5.41, 5.74) is 4.29. The zero-order valence-corrected chi connectivity index (χ0v) is 20.5. The van der Waals surface area contributed by atoms with Crippen LogP contribution in [0.1, 0.15) is 32.9 Å². The van der Waals surface area contributed by atoms with E-state index in [2.05, 4.69) is 31.4 Å². The first-order chi connectivity index (χ1) is 15.3. The number of rotatable bonds is 6. The molecule has 1 N–H and O–H groups in total. The van der Waals surface area contributed by atoms with E-state index >= 15 is 0 Å². The number of amides is 1. The highest BCUT2D eigenvalue weighted by molar-refractivity contribution is 9.10. The number of halogens is 3. The van der Waals surface area contributed by atoms with Crippen LogP contribution >= 0.6 is 39.1 Å². The second-order valence-corrected chi connectivity index (χ2v) is 9.00. The van der Waals surface area contributed by atoms with Crippen LogP contribution in [0, 0.1) is 13.8 Å². The second kappa shape index (κ2) is 9.48. The molecule has 4 aromatic rings. The van der Waals surface area contributed by atoms with Crippen LogP contribution in [0.15, 0.2) is 59.2 Å². The molecule has 0 fully saturated rings. The molecule has 0 unspecified atom stereocenters. The molecule has 0 atom stereocenters. The number of anilines is 1. The van der Waals surface area contributed by atoms with Crippen molar-refractivity contribution in [2.75, 3.05) is 5.32 Å². The molecule has 2 aromatic heterocycles. The van der Waals surface area contributed by atoms with Crippen LogP contribution in [0.4, 0.5) is 5.82 Å². The monoisotopic (exact) mass is 531 g/mol. The molecule has 0 radical (unpaired) electrons. The smallest absolute Gasteiger partial charge is 0.256 e. The summed E-state index contributed by atoms with van der Waals surface area (Å²) in [6.07, 6.45) is 1.77. The Bertz CT molecular complexity index is 1280. The van der Waals surface area contributed by atoms with Crippen molar-refractivity contribution in [3.05, 3.63) is 97.3 Å². The van der Waals surface area contributed by atoms with Crippen molar-refractivity contribution >= 4 is 50.9 Å². The minimum absolute atomic E-state index is 0.234. The lowest BCUT2D eigenvalue weighted by Gasteiger charge is -2.08. The van der Waals surface area contributed by atoms with Gasteiger partial charge in [0.15, 0.2) is 5.82 Å². The fourth-order valence-corrected chi connectivity index (χ4v) is 4.16. The number of aryl methyl sites for hydroxylation is 1. The Labute approximate surface area is 204 Å². The maximum absolute atomic E-state index is 12.8. The van der Waals surface area contributed by atoms with Crippen LogP contribution in [0.5, 0.6) is 0 Å². The van der Waals surface area contributed by atoms with Crippen molar-refractivity contribution in [1.29, 1.82) is 0 Å². The topological polar surface area (TPSA) is 64.7 Å². The lowest BCUT2D eigenvalue weighted by Crippen LogP contribution is -2.14. The van der Waals surface area contributed by atoms with E-state index in [0.717, 1.165) is 27.0 Å². The summed E-state index contributed by atoms with van der Waals surface area (Å²) in [6, 6.07) is 14.6. The van der Waals surface area contributed by atoms with E-state index in [1.54, 1.807) is 41.2 Å². The predicted molar refractivity (Wildman–Crippen MR) is 131 cm³/mol. The molecular weight excluding hydrogens is 513 g/mol. The highest BCUT2D eigenvalue weighted by atomic mass is 79.9. The molecule has 0 aliphatic rings. The maximum Gasteiger partial charge on any atom is 0.256 e. The van der Waals surface area contributed by atoms with Crippen LogP contribution in [0.2, 0.25) is 10.0 Å². The molecule has 0 bridgehead atoms. The van der Waals surface area contributed by atoms with Gasteiger partial charge in [0.05, 0.1) is 29.0 Å². The zero-order chi connectivity index (χ0) is 22.8. The van der Waals surface area contributed by atoms with E-state index in [1.165, 1.54) is 0 Å². The molecule has 0 aliphatic heterocycles. The van der Waals surface area contributed by atoms with Gasteiger partial charge in [0.25, 0.3) is 5.91 Å². The Hall–Kier alpha value is -2.61. The number of benzene rings is 2. The van der Waals surface area contributed by atoms with Gasteiger partial charge in [-0.1, -0.05) is 41.4 Å². The Morgan fingerprint density at radius 1 is 1.03 bits per heavy atom. The summed E-state index contributed by atoms with van der Waals surface area (Å²) in [5, 5.41) is 12.9. The first-order valence-corrected chi connectivity index (χ1v) is 11.4. The molecule has 0 saturated heterocycles. The first kappa shape index (κ1) is 22.6. The van der Waals surface area contributed by atoms with Gasteiger partial charge >= 0.3 is 0 Å². The molecule has 6 nitrogen and oxygen atoms in total. The van der Waals surface area contributed by atoms with E-state index in [9.17, 15) is 4.79 Å². The van der Waals surface area contributed by atoms with Gasteiger partial charge in [-0.2, -0.15) is 10.2 Å². The molecule has 4 rings (SSSR count). The largest absolute Gasteiger partial charge is 0.305 e. The van der Waals surface area contributed by atoms with Crippen molar-refractivity contribution in [1.82, 2.24) is 19.6 Å². The standard InChI is InChI=1S/C23H20BrCl2N5O/c1-14-22(24)15(2)31(28-14)12-16-5-3-6-17(11-16)23(32)27-21-9-10-30(29-21)13-18-19(25)7-4-8-20(18)26/h3-11H,12-13H2,1-2H3,(H,27,29,32). The van der Waals surface area contributed by atoms with Crippen LogP contribution in [-0.2, 0) is 13.1 Å². The van der Waals surface area contributed by atoms with Gasteiger partial charge in [-0.15, -0.1) is 0 Å². The lowest BCUT2D eigenvalue weighted by atomic mass is 10.1. The van der Waals surface area contributed by atoms with E-state index in [1.807, 2.05) is 36.7 Å². The highest BCUT2D eigenvalue weighted by Crippen LogP contribution is 2.25. The molecule has 0 aliphatic carbocycles. The van der Waals surface area contributed by atoms with Crippen molar-refractivity contribution in [3.63, 3.8) is 0 Å². The van der Waals surface area contributed by atoms with Gasteiger partial charge in [0, 0.05) is 33.4 Å². The number of hydrogen-bond acceptors (Lipinski definition) is 3. The maximum atomic E-state index is 12.8.